The van der Waals surface area contributed by atoms with Gasteiger partial charge in [0.05, 0.1) is 6.61 Å². The molecule has 0 amide bonds. The zero-order valence-electron chi connectivity index (χ0n) is 11.9. The molecule has 0 atom stereocenters. The van der Waals surface area contributed by atoms with E-state index in [9.17, 15) is 4.79 Å². The van der Waals surface area contributed by atoms with Crippen molar-refractivity contribution in [3.05, 3.63) is 11.7 Å². The van der Waals surface area contributed by atoms with Crippen molar-refractivity contribution >= 4 is 5.97 Å². The number of rotatable bonds is 6. The summed E-state index contributed by atoms with van der Waals surface area (Å²) in [6.07, 6.45) is 1.35. The van der Waals surface area contributed by atoms with Crippen LogP contribution < -0.4 is 0 Å². The number of hydrogen-bond donors (Lipinski definition) is 0. The first-order chi connectivity index (χ1) is 9.70. The van der Waals surface area contributed by atoms with Gasteiger partial charge in [-0.15, -0.1) is 0 Å². The summed E-state index contributed by atoms with van der Waals surface area (Å²) < 4.78 is 21.2. The highest BCUT2D eigenvalue weighted by Crippen LogP contribution is 2.34. The zero-order chi connectivity index (χ0) is 14.4. The molecule has 112 valence electrons. The number of aromatic nitrogens is 2. The molecule has 7 nitrogen and oxygen atoms in total. The second-order valence-electron chi connectivity index (χ2n) is 4.53. The van der Waals surface area contributed by atoms with Crippen LogP contribution in [-0.4, -0.2) is 42.5 Å². The van der Waals surface area contributed by atoms with Crippen molar-refractivity contribution in [2.45, 2.75) is 38.7 Å². The Morgan fingerprint density at radius 2 is 2.05 bits per heavy atom. The molecule has 20 heavy (non-hydrogen) atoms. The van der Waals surface area contributed by atoms with Gasteiger partial charge in [0.2, 0.25) is 11.7 Å². The molecule has 0 N–H and O–H groups in total. The van der Waals surface area contributed by atoms with E-state index in [1.807, 2.05) is 6.92 Å². The fourth-order valence-electron chi connectivity index (χ4n) is 2.26. The molecule has 0 radical (unpaired) electrons. The largest absolute Gasteiger partial charge is 0.466 e. The summed E-state index contributed by atoms with van der Waals surface area (Å²) in [5.41, 5.74) is -0.566. The molecule has 0 saturated carbocycles. The number of hydrogen-bond acceptors (Lipinski definition) is 7. The Labute approximate surface area is 117 Å². The number of carbonyl (C=O) groups excluding carboxylic acids is 1. The van der Waals surface area contributed by atoms with Crippen molar-refractivity contribution in [1.29, 1.82) is 0 Å². The molecule has 2 heterocycles. The van der Waals surface area contributed by atoms with E-state index < -0.39 is 5.60 Å². The molecule has 1 aromatic rings. The quantitative estimate of drug-likeness (QED) is 0.726. The van der Waals surface area contributed by atoms with E-state index in [0.29, 0.717) is 45.1 Å². The van der Waals surface area contributed by atoms with Crippen LogP contribution in [0.1, 0.15) is 38.4 Å². The van der Waals surface area contributed by atoms with Crippen LogP contribution in [0.4, 0.5) is 0 Å². The molecular weight excluding hydrogens is 264 g/mol. The monoisotopic (exact) mass is 284 g/mol. The van der Waals surface area contributed by atoms with Gasteiger partial charge in [-0.1, -0.05) is 5.16 Å². The van der Waals surface area contributed by atoms with Crippen LogP contribution in [0, 0.1) is 0 Å². The van der Waals surface area contributed by atoms with E-state index in [2.05, 4.69) is 10.1 Å². The van der Waals surface area contributed by atoms with Gasteiger partial charge in [0.1, 0.15) is 12.0 Å². The number of ether oxygens (including phenoxy) is 3. The summed E-state index contributed by atoms with van der Waals surface area (Å²) in [6.45, 7) is 5.77. The summed E-state index contributed by atoms with van der Waals surface area (Å²) in [4.78, 5) is 15.7. The lowest BCUT2D eigenvalue weighted by Crippen LogP contribution is -2.37. The molecule has 1 aromatic heterocycles. The SMILES string of the molecule is CCOC(=O)Cc1nc(C2(OCC)CCOCC2)no1. The lowest BCUT2D eigenvalue weighted by molar-refractivity contribution is -0.142. The Hall–Kier alpha value is -1.47. The lowest BCUT2D eigenvalue weighted by atomic mass is 9.93. The van der Waals surface area contributed by atoms with Gasteiger partial charge in [0, 0.05) is 32.7 Å². The molecule has 1 fully saturated rings. The van der Waals surface area contributed by atoms with Gasteiger partial charge in [0.25, 0.3) is 0 Å². The Bertz CT molecular complexity index is 434. The molecule has 0 bridgehead atoms. The smallest absolute Gasteiger partial charge is 0.315 e. The van der Waals surface area contributed by atoms with Crippen LogP contribution in [0.3, 0.4) is 0 Å². The number of esters is 1. The predicted octanol–water partition coefficient (Wildman–Crippen LogP) is 1.22. The van der Waals surface area contributed by atoms with Gasteiger partial charge in [-0.05, 0) is 13.8 Å². The van der Waals surface area contributed by atoms with Gasteiger partial charge in [-0.2, -0.15) is 4.98 Å². The van der Waals surface area contributed by atoms with Crippen LogP contribution in [0.5, 0.6) is 0 Å². The summed E-state index contributed by atoms with van der Waals surface area (Å²) >= 11 is 0. The topological polar surface area (TPSA) is 83.7 Å². The lowest BCUT2D eigenvalue weighted by Gasteiger charge is -2.33. The van der Waals surface area contributed by atoms with Crippen LogP contribution in [0.25, 0.3) is 0 Å². The minimum absolute atomic E-state index is 0.0143. The Morgan fingerprint density at radius 3 is 2.70 bits per heavy atom. The Morgan fingerprint density at radius 1 is 1.30 bits per heavy atom. The summed E-state index contributed by atoms with van der Waals surface area (Å²) in [5, 5.41) is 3.97. The molecular formula is C13H20N2O5. The maximum absolute atomic E-state index is 11.4. The molecule has 1 aliphatic rings. The van der Waals surface area contributed by atoms with E-state index in [1.165, 1.54) is 0 Å². The van der Waals surface area contributed by atoms with Crippen molar-refractivity contribution in [3.63, 3.8) is 0 Å². The van der Waals surface area contributed by atoms with Crippen LogP contribution in [-0.2, 0) is 31.0 Å². The predicted molar refractivity (Wildman–Crippen MR) is 68.0 cm³/mol. The second-order valence-corrected chi connectivity index (χ2v) is 4.53. The third kappa shape index (κ3) is 3.34. The molecule has 7 heteroatoms. The van der Waals surface area contributed by atoms with Gasteiger partial charge in [-0.3, -0.25) is 4.79 Å². The highest BCUT2D eigenvalue weighted by Gasteiger charge is 2.40. The van der Waals surface area contributed by atoms with Crippen LogP contribution >= 0.6 is 0 Å². The first kappa shape index (κ1) is 14.9. The van der Waals surface area contributed by atoms with Crippen molar-refractivity contribution in [3.8, 4) is 0 Å². The van der Waals surface area contributed by atoms with Crippen LogP contribution in [0.15, 0.2) is 4.52 Å². The van der Waals surface area contributed by atoms with E-state index in [4.69, 9.17) is 18.7 Å². The summed E-state index contributed by atoms with van der Waals surface area (Å²) in [7, 11) is 0. The van der Waals surface area contributed by atoms with E-state index in [1.54, 1.807) is 6.92 Å². The van der Waals surface area contributed by atoms with Gasteiger partial charge < -0.3 is 18.7 Å². The average molecular weight is 284 g/mol. The third-order valence-corrected chi connectivity index (χ3v) is 3.20. The highest BCUT2D eigenvalue weighted by atomic mass is 16.5. The summed E-state index contributed by atoms with van der Waals surface area (Å²) in [5.74, 6) is 0.367. The molecule has 0 aromatic carbocycles. The fraction of sp³-hybridized carbons (Fsp3) is 0.769. The average Bonchev–Trinajstić information content (AvgIpc) is 2.89. The van der Waals surface area contributed by atoms with Crippen molar-refractivity contribution in [2.75, 3.05) is 26.4 Å². The van der Waals surface area contributed by atoms with Gasteiger partial charge in [0.15, 0.2) is 0 Å². The molecule has 2 rings (SSSR count). The maximum atomic E-state index is 11.4. The van der Waals surface area contributed by atoms with Crippen molar-refractivity contribution in [1.82, 2.24) is 10.1 Å². The molecule has 1 aliphatic heterocycles. The van der Waals surface area contributed by atoms with Gasteiger partial charge >= 0.3 is 5.97 Å². The van der Waals surface area contributed by atoms with E-state index in [-0.39, 0.29) is 18.3 Å². The van der Waals surface area contributed by atoms with Crippen molar-refractivity contribution < 1.29 is 23.5 Å². The highest BCUT2D eigenvalue weighted by molar-refractivity contribution is 5.71. The Kier molecular flexibility index (Phi) is 5.08. The van der Waals surface area contributed by atoms with Crippen molar-refractivity contribution in [2.24, 2.45) is 0 Å². The normalized spacial score (nSPS) is 17.9. The summed E-state index contributed by atoms with van der Waals surface area (Å²) in [6, 6.07) is 0. The molecule has 0 spiro atoms. The minimum atomic E-state index is -0.566. The first-order valence-electron chi connectivity index (χ1n) is 6.90. The van der Waals surface area contributed by atoms with Crippen LogP contribution in [0.2, 0.25) is 0 Å². The number of nitrogens with zero attached hydrogens (tertiary/aromatic N) is 2. The molecule has 0 aliphatic carbocycles. The second kappa shape index (κ2) is 6.81. The number of carbonyl (C=O) groups is 1. The van der Waals surface area contributed by atoms with E-state index >= 15 is 0 Å². The molecule has 0 unspecified atom stereocenters. The minimum Gasteiger partial charge on any atom is -0.466 e. The first-order valence-corrected chi connectivity index (χ1v) is 6.90. The standard InChI is InChI=1S/C13H20N2O5/c1-3-18-11(16)9-10-14-12(15-20-10)13(19-4-2)5-7-17-8-6-13/h3-9H2,1-2H3. The maximum Gasteiger partial charge on any atom is 0.315 e. The van der Waals surface area contributed by atoms with Gasteiger partial charge in [-0.25, -0.2) is 0 Å². The fourth-order valence-corrected chi connectivity index (χ4v) is 2.26. The van der Waals surface area contributed by atoms with E-state index in [0.717, 1.165) is 0 Å². The zero-order valence-corrected chi connectivity index (χ0v) is 11.9. The third-order valence-electron chi connectivity index (χ3n) is 3.20. The Balaban J connectivity index is 2.10. The molecule has 1 saturated heterocycles.